The monoisotopic (exact) mass is 351 g/mol. The van der Waals surface area contributed by atoms with Crippen LogP contribution < -0.4 is 9.47 Å². The Hall–Kier alpha value is -1.99. The highest BCUT2D eigenvalue weighted by Gasteiger charge is 2.48. The van der Waals surface area contributed by atoms with Crippen molar-refractivity contribution in [3.05, 3.63) is 23.8 Å². The summed E-state index contributed by atoms with van der Waals surface area (Å²) in [6, 6.07) is 4.67. The lowest BCUT2D eigenvalue weighted by atomic mass is 10.0. The van der Waals surface area contributed by atoms with Gasteiger partial charge in [-0.05, 0) is 52.3 Å². The molecular weight excluding hydrogens is 326 g/mol. The predicted octanol–water partition coefficient (Wildman–Crippen LogP) is 2.82. The second-order valence-corrected chi connectivity index (χ2v) is 7.73. The summed E-state index contributed by atoms with van der Waals surface area (Å²) >= 11 is 0. The van der Waals surface area contributed by atoms with Gasteiger partial charge >= 0.3 is 6.09 Å². The van der Waals surface area contributed by atoms with Crippen LogP contribution in [-0.4, -0.2) is 46.9 Å². The number of rotatable bonds is 2. The van der Waals surface area contributed by atoms with Gasteiger partial charge in [0.15, 0.2) is 11.5 Å². The summed E-state index contributed by atoms with van der Waals surface area (Å²) in [7, 11) is 0. The van der Waals surface area contributed by atoms with Crippen molar-refractivity contribution < 1.29 is 28.8 Å². The number of amides is 1. The summed E-state index contributed by atoms with van der Waals surface area (Å²) in [5.74, 6) is 1.22. The summed E-state index contributed by atoms with van der Waals surface area (Å²) in [5, 5.41) is 10.9. The van der Waals surface area contributed by atoms with Crippen LogP contribution in [-0.2, 0) is 9.47 Å². The summed E-state index contributed by atoms with van der Waals surface area (Å²) in [6.07, 6.45) is -1.46. The Balaban J connectivity index is 1.85. The third-order valence-corrected chi connectivity index (χ3v) is 4.21. The number of benzene rings is 1. The molecule has 1 saturated heterocycles. The van der Waals surface area contributed by atoms with Gasteiger partial charge in [-0.3, -0.25) is 4.90 Å². The molecule has 0 aromatic heterocycles. The number of aliphatic hydroxyl groups excluding tert-OH is 1. The van der Waals surface area contributed by atoms with E-state index >= 15 is 0 Å². The lowest BCUT2D eigenvalue weighted by molar-refractivity contribution is -0.0679. The Kier molecular flexibility index (Phi) is 4.33. The molecule has 1 N–H and O–H groups in total. The first-order chi connectivity index (χ1) is 11.6. The average Bonchev–Trinajstić information content (AvgIpc) is 3.07. The van der Waals surface area contributed by atoms with E-state index in [1.165, 1.54) is 4.90 Å². The summed E-state index contributed by atoms with van der Waals surface area (Å²) < 4.78 is 21.9. The Bertz CT molecular complexity index is 666. The average molecular weight is 351 g/mol. The van der Waals surface area contributed by atoms with Crippen molar-refractivity contribution in [1.82, 2.24) is 4.90 Å². The summed E-state index contributed by atoms with van der Waals surface area (Å²) in [4.78, 5) is 14.1. The van der Waals surface area contributed by atoms with E-state index in [2.05, 4.69) is 0 Å². The maximum absolute atomic E-state index is 12.7. The van der Waals surface area contributed by atoms with Crippen molar-refractivity contribution in [2.24, 2.45) is 0 Å². The topological polar surface area (TPSA) is 77.5 Å². The van der Waals surface area contributed by atoms with Gasteiger partial charge in [0.05, 0.1) is 12.6 Å². The molecule has 2 aliphatic heterocycles. The molecule has 0 radical (unpaired) electrons. The molecular formula is C18H25NO6. The zero-order valence-corrected chi connectivity index (χ0v) is 15.2. The molecule has 0 saturated carbocycles. The van der Waals surface area contributed by atoms with Gasteiger partial charge in [-0.1, -0.05) is 6.07 Å². The summed E-state index contributed by atoms with van der Waals surface area (Å²) in [6.45, 7) is 9.35. The molecule has 0 spiro atoms. The van der Waals surface area contributed by atoms with E-state index in [0.717, 1.165) is 0 Å². The molecule has 1 aromatic carbocycles. The van der Waals surface area contributed by atoms with Crippen LogP contribution in [0.25, 0.3) is 0 Å². The highest BCUT2D eigenvalue weighted by molar-refractivity contribution is 5.70. The number of fused-ring (bicyclic) bond motifs is 1. The Morgan fingerprint density at radius 3 is 2.68 bits per heavy atom. The first kappa shape index (κ1) is 17.8. The van der Waals surface area contributed by atoms with Crippen molar-refractivity contribution in [1.29, 1.82) is 0 Å². The third kappa shape index (κ3) is 3.52. The van der Waals surface area contributed by atoms with E-state index in [9.17, 15) is 9.90 Å². The maximum atomic E-state index is 12.7. The third-order valence-electron chi connectivity index (χ3n) is 4.21. The van der Waals surface area contributed by atoms with E-state index in [1.807, 2.05) is 0 Å². The van der Waals surface area contributed by atoms with E-state index < -0.39 is 29.6 Å². The van der Waals surface area contributed by atoms with E-state index in [1.54, 1.807) is 52.8 Å². The molecule has 1 fully saturated rings. The minimum atomic E-state index is -0.941. The van der Waals surface area contributed by atoms with Crippen molar-refractivity contribution >= 4 is 6.09 Å². The smallest absolute Gasteiger partial charge is 0.413 e. The lowest BCUT2D eigenvalue weighted by Gasteiger charge is -2.36. The van der Waals surface area contributed by atoms with Gasteiger partial charge in [0.1, 0.15) is 17.4 Å². The molecule has 2 aliphatic rings. The minimum absolute atomic E-state index is 0.165. The molecule has 3 rings (SSSR count). The zero-order valence-electron chi connectivity index (χ0n) is 15.2. The molecule has 7 heteroatoms. The van der Waals surface area contributed by atoms with Gasteiger partial charge < -0.3 is 24.1 Å². The van der Waals surface area contributed by atoms with Crippen LogP contribution in [0.4, 0.5) is 4.79 Å². The van der Waals surface area contributed by atoms with Crippen LogP contribution in [0.2, 0.25) is 0 Å². The molecule has 1 amide bonds. The number of carbonyl (C=O) groups is 1. The number of hydrogen-bond donors (Lipinski definition) is 1. The largest absolute Gasteiger partial charge is 0.454 e. The van der Waals surface area contributed by atoms with E-state index in [0.29, 0.717) is 17.1 Å². The number of ether oxygens (including phenoxy) is 4. The number of nitrogens with zero attached hydrogens (tertiary/aromatic N) is 1. The normalized spacial score (nSPS) is 22.8. The first-order valence-corrected chi connectivity index (χ1v) is 8.32. The number of aliphatic hydroxyl groups is 1. The molecule has 138 valence electrons. The fourth-order valence-corrected chi connectivity index (χ4v) is 3.05. The van der Waals surface area contributed by atoms with Gasteiger partial charge in [-0.15, -0.1) is 0 Å². The van der Waals surface area contributed by atoms with Gasteiger partial charge in [0.2, 0.25) is 6.79 Å². The van der Waals surface area contributed by atoms with Gasteiger partial charge in [0.25, 0.3) is 0 Å². The standard InChI is InChI=1S/C18H25NO6/c1-17(2,3)25-16(21)19-12(9-24-18(19,4)5)15(20)11-6-7-13-14(8-11)23-10-22-13/h6-8,12,15,20H,9-10H2,1-5H3/t12-,15?/m0/s1. The minimum Gasteiger partial charge on any atom is -0.454 e. The second-order valence-electron chi connectivity index (χ2n) is 7.73. The number of carbonyl (C=O) groups excluding carboxylic acids is 1. The Labute approximate surface area is 147 Å². The van der Waals surface area contributed by atoms with Crippen LogP contribution in [0, 0.1) is 0 Å². The fraction of sp³-hybridized carbons (Fsp3) is 0.611. The summed E-state index contributed by atoms with van der Waals surface area (Å²) in [5.41, 5.74) is -0.877. The Morgan fingerprint density at radius 1 is 1.32 bits per heavy atom. The Morgan fingerprint density at radius 2 is 2.00 bits per heavy atom. The number of hydrogen-bond acceptors (Lipinski definition) is 6. The maximum Gasteiger partial charge on any atom is 0.413 e. The lowest BCUT2D eigenvalue weighted by Crippen LogP contribution is -2.51. The van der Waals surface area contributed by atoms with Gasteiger partial charge in [-0.25, -0.2) is 4.79 Å². The van der Waals surface area contributed by atoms with E-state index in [4.69, 9.17) is 18.9 Å². The molecule has 1 unspecified atom stereocenters. The van der Waals surface area contributed by atoms with Crippen LogP contribution in [0.5, 0.6) is 11.5 Å². The molecule has 2 heterocycles. The van der Waals surface area contributed by atoms with Crippen LogP contribution in [0.1, 0.15) is 46.3 Å². The quantitative estimate of drug-likeness (QED) is 0.883. The fourth-order valence-electron chi connectivity index (χ4n) is 3.05. The van der Waals surface area contributed by atoms with Crippen molar-refractivity contribution in [2.45, 2.75) is 58.1 Å². The van der Waals surface area contributed by atoms with Crippen molar-refractivity contribution in [3.8, 4) is 11.5 Å². The van der Waals surface area contributed by atoms with Gasteiger partial charge in [-0.2, -0.15) is 0 Å². The molecule has 25 heavy (non-hydrogen) atoms. The van der Waals surface area contributed by atoms with Crippen molar-refractivity contribution in [3.63, 3.8) is 0 Å². The molecule has 2 atom stereocenters. The zero-order chi connectivity index (χ0) is 18.4. The molecule has 1 aromatic rings. The van der Waals surface area contributed by atoms with Crippen LogP contribution >= 0.6 is 0 Å². The SMILES string of the molecule is CC(C)(C)OC(=O)N1[C@H](C(O)c2ccc3c(c2)OCO3)COC1(C)C. The predicted molar refractivity (Wildman–Crippen MR) is 89.4 cm³/mol. The van der Waals surface area contributed by atoms with E-state index in [-0.39, 0.29) is 13.4 Å². The molecule has 0 bridgehead atoms. The molecule has 7 nitrogen and oxygen atoms in total. The van der Waals surface area contributed by atoms with Crippen LogP contribution in [0.3, 0.4) is 0 Å². The first-order valence-electron chi connectivity index (χ1n) is 8.32. The second kappa shape index (κ2) is 6.07. The highest BCUT2D eigenvalue weighted by Crippen LogP contribution is 2.39. The van der Waals surface area contributed by atoms with Crippen molar-refractivity contribution in [2.75, 3.05) is 13.4 Å². The highest BCUT2D eigenvalue weighted by atomic mass is 16.7. The van der Waals surface area contributed by atoms with Gasteiger partial charge in [0, 0.05) is 0 Å². The molecule has 0 aliphatic carbocycles. The van der Waals surface area contributed by atoms with Crippen LogP contribution in [0.15, 0.2) is 18.2 Å².